The molecule has 1 aromatic carbocycles. The Morgan fingerprint density at radius 3 is 2.41 bits per heavy atom. The molecule has 3 rings (SSSR count). The van der Waals surface area contributed by atoms with E-state index in [0.717, 1.165) is 5.69 Å². The third-order valence-corrected chi connectivity index (χ3v) is 6.41. The van der Waals surface area contributed by atoms with Crippen LogP contribution in [0.5, 0.6) is 0 Å². The first-order valence-corrected chi connectivity index (χ1v) is 10.5. The molecule has 0 amide bonds. The van der Waals surface area contributed by atoms with Gasteiger partial charge in [-0.05, 0) is 25.5 Å². The average molecular weight is 392 g/mol. The van der Waals surface area contributed by atoms with Crippen molar-refractivity contribution >= 4 is 21.7 Å². The minimum Gasteiger partial charge on any atom is -0.462 e. The molecular weight excluding hydrogens is 368 g/mol. The van der Waals surface area contributed by atoms with E-state index in [1.165, 1.54) is 4.31 Å². The van der Waals surface area contributed by atoms with Gasteiger partial charge in [0.2, 0.25) is 5.03 Å². The number of esters is 1. The van der Waals surface area contributed by atoms with Gasteiger partial charge >= 0.3 is 5.97 Å². The summed E-state index contributed by atoms with van der Waals surface area (Å²) in [6.07, 6.45) is 0.457. The monoisotopic (exact) mass is 392 g/mol. The van der Waals surface area contributed by atoms with Crippen molar-refractivity contribution in [2.24, 2.45) is 0 Å². The molecule has 1 N–H and O–H groups in total. The Hall–Kier alpha value is -2.39. The molecule has 0 spiro atoms. The highest BCUT2D eigenvalue weighted by molar-refractivity contribution is 7.89. The first-order valence-electron chi connectivity index (χ1n) is 9.03. The summed E-state index contributed by atoms with van der Waals surface area (Å²) in [4.78, 5) is 14.4. The number of nitrogens with zero attached hydrogens (tertiary/aromatic N) is 3. The van der Waals surface area contributed by atoms with Crippen LogP contribution in [0.2, 0.25) is 0 Å². The van der Waals surface area contributed by atoms with E-state index in [-0.39, 0.29) is 17.2 Å². The van der Waals surface area contributed by atoms with E-state index in [9.17, 15) is 13.2 Å². The number of rotatable bonds is 6. The lowest BCUT2D eigenvalue weighted by atomic mass is 10.2. The van der Waals surface area contributed by atoms with Gasteiger partial charge < -0.3 is 9.64 Å². The normalized spacial score (nSPS) is 15.7. The highest BCUT2D eigenvalue weighted by Gasteiger charge is 2.36. The van der Waals surface area contributed by atoms with E-state index in [0.29, 0.717) is 38.3 Å². The quantitative estimate of drug-likeness (QED) is 0.751. The smallest absolute Gasteiger partial charge is 0.343 e. The van der Waals surface area contributed by atoms with Crippen molar-refractivity contribution in [1.29, 1.82) is 0 Å². The molecule has 1 fully saturated rings. The highest BCUT2D eigenvalue weighted by atomic mass is 32.2. The minimum absolute atomic E-state index is 0.0184. The first-order chi connectivity index (χ1) is 13.0. The number of aryl methyl sites for hydroxylation is 1. The maximum atomic E-state index is 13.1. The van der Waals surface area contributed by atoms with Crippen molar-refractivity contribution in [3.63, 3.8) is 0 Å². The predicted octanol–water partition coefficient (Wildman–Crippen LogP) is 1.66. The van der Waals surface area contributed by atoms with Gasteiger partial charge in [0.25, 0.3) is 10.0 Å². The number of hydrogen-bond acceptors (Lipinski definition) is 6. The lowest BCUT2D eigenvalue weighted by Crippen LogP contribution is -2.49. The molecule has 0 atom stereocenters. The molecule has 8 nitrogen and oxygen atoms in total. The number of carbonyl (C=O) groups excluding carboxylic acids is 1. The summed E-state index contributed by atoms with van der Waals surface area (Å²) >= 11 is 0. The summed E-state index contributed by atoms with van der Waals surface area (Å²) in [6.45, 7) is 5.47. The molecule has 0 aliphatic carbocycles. The van der Waals surface area contributed by atoms with E-state index in [2.05, 4.69) is 15.1 Å². The van der Waals surface area contributed by atoms with Crippen LogP contribution >= 0.6 is 0 Å². The lowest BCUT2D eigenvalue weighted by Gasteiger charge is -2.35. The van der Waals surface area contributed by atoms with E-state index in [1.807, 2.05) is 37.3 Å². The molecule has 1 saturated heterocycles. The summed E-state index contributed by atoms with van der Waals surface area (Å²) in [5.74, 6) is -0.662. The number of sulfonamides is 1. The van der Waals surface area contributed by atoms with E-state index >= 15 is 0 Å². The largest absolute Gasteiger partial charge is 0.462 e. The van der Waals surface area contributed by atoms with E-state index in [1.54, 1.807) is 6.92 Å². The molecular formula is C18H24N4O4S. The van der Waals surface area contributed by atoms with Crippen LogP contribution in [0, 0.1) is 0 Å². The Bertz CT molecular complexity index is 887. The number of hydrogen-bond donors (Lipinski definition) is 1. The van der Waals surface area contributed by atoms with Crippen LogP contribution in [-0.4, -0.2) is 61.7 Å². The Morgan fingerprint density at radius 2 is 1.81 bits per heavy atom. The number of para-hydroxylation sites is 1. The molecule has 0 unspecified atom stereocenters. The van der Waals surface area contributed by atoms with Crippen molar-refractivity contribution in [3.05, 3.63) is 41.6 Å². The second-order valence-corrected chi connectivity index (χ2v) is 8.04. The number of carbonyl (C=O) groups is 1. The molecule has 2 heterocycles. The van der Waals surface area contributed by atoms with Gasteiger partial charge in [-0.2, -0.15) is 9.40 Å². The van der Waals surface area contributed by atoms with Crippen LogP contribution in [-0.2, 0) is 21.2 Å². The molecule has 0 bridgehead atoms. The van der Waals surface area contributed by atoms with Crippen molar-refractivity contribution < 1.29 is 17.9 Å². The fourth-order valence-corrected chi connectivity index (χ4v) is 4.68. The highest BCUT2D eigenvalue weighted by Crippen LogP contribution is 2.24. The van der Waals surface area contributed by atoms with Gasteiger partial charge in [-0.3, -0.25) is 5.10 Å². The van der Waals surface area contributed by atoms with Crippen molar-refractivity contribution in [3.8, 4) is 0 Å². The zero-order valence-electron chi connectivity index (χ0n) is 15.5. The maximum Gasteiger partial charge on any atom is 0.343 e. The summed E-state index contributed by atoms with van der Waals surface area (Å²) < 4.78 is 32.6. The minimum atomic E-state index is -3.89. The van der Waals surface area contributed by atoms with Crippen LogP contribution in [0.1, 0.15) is 29.9 Å². The summed E-state index contributed by atoms with van der Waals surface area (Å²) in [5.41, 5.74) is 1.55. The molecule has 0 saturated carbocycles. The van der Waals surface area contributed by atoms with Gasteiger partial charge in [0.1, 0.15) is 5.56 Å². The van der Waals surface area contributed by atoms with Gasteiger partial charge in [0.15, 0.2) is 0 Å². The molecule has 146 valence electrons. The van der Waals surface area contributed by atoms with Crippen LogP contribution in [0.4, 0.5) is 5.69 Å². The third-order valence-electron chi connectivity index (χ3n) is 4.59. The van der Waals surface area contributed by atoms with E-state index < -0.39 is 16.0 Å². The number of piperazine rings is 1. The van der Waals surface area contributed by atoms with Crippen LogP contribution < -0.4 is 4.90 Å². The Balaban J connectivity index is 1.82. The number of aromatic nitrogens is 2. The summed E-state index contributed by atoms with van der Waals surface area (Å²) in [7, 11) is -3.89. The molecule has 27 heavy (non-hydrogen) atoms. The zero-order chi connectivity index (χ0) is 19.4. The number of aromatic amines is 1. The molecule has 1 aromatic heterocycles. The third kappa shape index (κ3) is 3.84. The Labute approximate surface area is 159 Å². The van der Waals surface area contributed by atoms with Crippen LogP contribution in [0.15, 0.2) is 35.4 Å². The van der Waals surface area contributed by atoms with Crippen molar-refractivity contribution in [2.45, 2.75) is 25.3 Å². The van der Waals surface area contributed by atoms with Crippen molar-refractivity contribution in [2.75, 3.05) is 37.7 Å². The van der Waals surface area contributed by atoms with Gasteiger partial charge in [-0.25, -0.2) is 13.2 Å². The Morgan fingerprint density at radius 1 is 1.15 bits per heavy atom. The molecule has 0 radical (unpaired) electrons. The number of nitrogens with one attached hydrogen (secondary N) is 1. The first kappa shape index (κ1) is 19.4. The summed E-state index contributed by atoms with van der Waals surface area (Å²) in [5, 5.41) is 6.38. The molecule has 1 aliphatic rings. The standard InChI is InChI=1S/C18H24N4O4S/c1-3-15-16(18(23)26-4-2)17(20-19-15)27(24,25)22-12-10-21(11-13-22)14-8-6-5-7-9-14/h5-9H,3-4,10-13H2,1-2H3,(H,19,20). The number of ether oxygens (including phenoxy) is 1. The Kier molecular flexibility index (Phi) is 5.81. The number of benzene rings is 1. The van der Waals surface area contributed by atoms with Crippen LogP contribution in [0.25, 0.3) is 0 Å². The van der Waals surface area contributed by atoms with E-state index in [4.69, 9.17) is 4.74 Å². The second-order valence-electron chi connectivity index (χ2n) is 6.18. The second kappa shape index (κ2) is 8.10. The van der Waals surface area contributed by atoms with Gasteiger partial charge in [0.05, 0.1) is 12.3 Å². The number of anilines is 1. The van der Waals surface area contributed by atoms with Gasteiger partial charge in [-0.1, -0.05) is 25.1 Å². The van der Waals surface area contributed by atoms with Gasteiger partial charge in [-0.15, -0.1) is 0 Å². The van der Waals surface area contributed by atoms with Gasteiger partial charge in [0, 0.05) is 31.9 Å². The fraction of sp³-hybridized carbons (Fsp3) is 0.444. The van der Waals surface area contributed by atoms with Crippen molar-refractivity contribution in [1.82, 2.24) is 14.5 Å². The SMILES string of the molecule is CCOC(=O)c1c(S(=O)(=O)N2CCN(c3ccccc3)CC2)n[nH]c1CC. The van der Waals surface area contributed by atoms with Crippen LogP contribution in [0.3, 0.4) is 0 Å². The molecule has 1 aliphatic heterocycles. The molecule has 9 heteroatoms. The fourth-order valence-electron chi connectivity index (χ4n) is 3.16. The summed E-state index contributed by atoms with van der Waals surface area (Å²) in [6, 6.07) is 9.87. The zero-order valence-corrected chi connectivity index (χ0v) is 16.3. The molecule has 2 aromatic rings. The predicted molar refractivity (Wildman–Crippen MR) is 101 cm³/mol. The topological polar surface area (TPSA) is 95.6 Å². The number of H-pyrrole nitrogens is 1. The lowest BCUT2D eigenvalue weighted by molar-refractivity contribution is 0.0520. The maximum absolute atomic E-state index is 13.1. The average Bonchev–Trinajstić information content (AvgIpc) is 3.14.